The average Bonchev–Trinajstić information content (AvgIpc) is 2.62. The number of carbonyl (C=O) groups is 5. The summed E-state index contributed by atoms with van der Waals surface area (Å²) in [6.07, 6.45) is 1.11. The van der Waals surface area contributed by atoms with E-state index in [2.05, 4.69) is 5.32 Å². The molecule has 2 unspecified atom stereocenters. The number of rotatable bonds is 7. The molecule has 0 aromatic heterocycles. The van der Waals surface area contributed by atoms with Gasteiger partial charge in [0.05, 0.1) is 0 Å². The second kappa shape index (κ2) is 9.38. The van der Waals surface area contributed by atoms with Gasteiger partial charge in [-0.05, 0) is 62.8 Å². The zero-order valence-electron chi connectivity index (χ0n) is 20.0. The molecule has 2 aliphatic heterocycles. The van der Waals surface area contributed by atoms with Crippen molar-refractivity contribution in [2.75, 3.05) is 0 Å². The number of piperidine rings is 1. The van der Waals surface area contributed by atoms with Crippen LogP contribution in [0.5, 0.6) is 0 Å². The Kier molecular flexibility index (Phi) is 7.66. The van der Waals surface area contributed by atoms with Gasteiger partial charge in [-0.3, -0.25) is 24.1 Å². The van der Waals surface area contributed by atoms with Crippen molar-refractivity contribution >= 4 is 49.9 Å². The summed E-state index contributed by atoms with van der Waals surface area (Å²) in [5.41, 5.74) is 0.235. The molecule has 0 radical (unpaired) electrons. The standard InChI is InChI=1S/C21H33N3O6SSi/c1-9-21(5)10-14(26)24(15(27)11-21)31-19-16(22-13(4)25)18(28)23(19)17(12(2)3)20(29)30-32(6,7)8/h16,19H,9-11H2,1-8H3,(H,22,25). The number of β-lactam (4-membered cyclic amide) rings is 1. The monoisotopic (exact) mass is 483 g/mol. The van der Waals surface area contributed by atoms with Gasteiger partial charge in [-0.25, -0.2) is 9.10 Å². The molecule has 178 valence electrons. The van der Waals surface area contributed by atoms with E-state index >= 15 is 0 Å². The van der Waals surface area contributed by atoms with Crippen molar-refractivity contribution in [3.63, 3.8) is 0 Å². The third-order valence-electron chi connectivity index (χ3n) is 5.38. The van der Waals surface area contributed by atoms with Gasteiger partial charge >= 0.3 is 5.97 Å². The van der Waals surface area contributed by atoms with Crippen molar-refractivity contribution in [2.45, 2.75) is 84.9 Å². The van der Waals surface area contributed by atoms with Gasteiger partial charge in [0.1, 0.15) is 17.1 Å². The number of hydrogen-bond acceptors (Lipinski definition) is 7. The Hall–Kier alpha value is -2.14. The molecule has 0 bridgehead atoms. The lowest BCUT2D eigenvalue weighted by atomic mass is 9.78. The molecule has 2 rings (SSSR count). The highest BCUT2D eigenvalue weighted by atomic mass is 32.2. The van der Waals surface area contributed by atoms with Crippen molar-refractivity contribution < 1.29 is 28.4 Å². The fourth-order valence-corrected chi connectivity index (χ4v) is 5.43. The Morgan fingerprint density at radius 2 is 1.66 bits per heavy atom. The van der Waals surface area contributed by atoms with E-state index in [1.165, 1.54) is 11.8 Å². The molecule has 2 heterocycles. The van der Waals surface area contributed by atoms with Crippen molar-refractivity contribution in [2.24, 2.45) is 5.41 Å². The van der Waals surface area contributed by atoms with Crippen molar-refractivity contribution in [1.82, 2.24) is 14.5 Å². The van der Waals surface area contributed by atoms with E-state index in [0.29, 0.717) is 12.0 Å². The first-order valence-corrected chi connectivity index (χ1v) is 14.9. The van der Waals surface area contributed by atoms with Gasteiger partial charge in [0, 0.05) is 19.8 Å². The van der Waals surface area contributed by atoms with Gasteiger partial charge in [0.15, 0.2) is 0 Å². The van der Waals surface area contributed by atoms with Crippen LogP contribution >= 0.6 is 11.9 Å². The minimum atomic E-state index is -2.25. The molecular formula is C21H33N3O6SSi. The number of likely N-dealkylation sites (tertiary alicyclic amines) is 1. The molecule has 2 saturated heterocycles. The smallest absolute Gasteiger partial charge is 0.341 e. The number of amides is 4. The lowest BCUT2D eigenvalue weighted by Gasteiger charge is -2.48. The first-order chi connectivity index (χ1) is 14.6. The van der Waals surface area contributed by atoms with Crippen molar-refractivity contribution in [3.8, 4) is 0 Å². The van der Waals surface area contributed by atoms with Crippen molar-refractivity contribution in [3.05, 3.63) is 11.3 Å². The molecule has 1 N–H and O–H groups in total. The number of hydrogen-bond donors (Lipinski definition) is 1. The number of allylic oxidation sites excluding steroid dienone is 1. The summed E-state index contributed by atoms with van der Waals surface area (Å²) in [7, 11) is -2.25. The van der Waals surface area contributed by atoms with Gasteiger partial charge in [0.25, 0.3) is 5.91 Å². The second-order valence-electron chi connectivity index (χ2n) is 9.83. The lowest BCUT2D eigenvalue weighted by molar-refractivity contribution is -0.150. The number of carbonyl (C=O) groups excluding carboxylic acids is 5. The van der Waals surface area contributed by atoms with Crippen LogP contribution < -0.4 is 5.32 Å². The molecule has 2 aliphatic rings. The lowest BCUT2D eigenvalue weighted by Crippen LogP contribution is -2.70. The highest BCUT2D eigenvalue weighted by Crippen LogP contribution is 2.42. The summed E-state index contributed by atoms with van der Waals surface area (Å²) < 4.78 is 6.68. The molecule has 0 spiro atoms. The highest BCUT2D eigenvalue weighted by Gasteiger charge is 2.55. The Balaban J connectivity index is 2.37. The van der Waals surface area contributed by atoms with Crippen LogP contribution in [0.4, 0.5) is 0 Å². The Morgan fingerprint density at radius 1 is 1.12 bits per heavy atom. The molecule has 0 aliphatic carbocycles. The zero-order chi connectivity index (χ0) is 24.6. The summed E-state index contributed by atoms with van der Waals surface area (Å²) >= 11 is 0.872. The summed E-state index contributed by atoms with van der Waals surface area (Å²) in [6, 6.07) is -0.966. The third kappa shape index (κ3) is 5.61. The topological polar surface area (TPSA) is 113 Å². The van der Waals surface area contributed by atoms with Crippen LogP contribution in [0.2, 0.25) is 19.6 Å². The van der Waals surface area contributed by atoms with E-state index in [4.69, 9.17) is 4.43 Å². The Morgan fingerprint density at radius 3 is 2.06 bits per heavy atom. The van der Waals surface area contributed by atoms with Gasteiger partial charge < -0.3 is 9.74 Å². The van der Waals surface area contributed by atoms with E-state index in [1.54, 1.807) is 13.8 Å². The van der Waals surface area contributed by atoms with Gasteiger partial charge in [-0.1, -0.05) is 13.8 Å². The zero-order valence-corrected chi connectivity index (χ0v) is 21.8. The SMILES string of the molecule is CCC1(C)CC(=O)N(SC2C(NC(C)=O)C(=O)N2C(C(=O)O[Si](C)(C)C)=C(C)C)C(=O)C1. The maximum Gasteiger partial charge on any atom is 0.341 e. The van der Waals surface area contributed by atoms with Crippen LogP contribution in [0.25, 0.3) is 0 Å². The quantitative estimate of drug-likeness (QED) is 0.195. The van der Waals surface area contributed by atoms with Gasteiger partial charge in [-0.2, -0.15) is 0 Å². The third-order valence-corrected chi connectivity index (χ3v) is 7.50. The van der Waals surface area contributed by atoms with E-state index in [-0.39, 0.29) is 30.4 Å². The van der Waals surface area contributed by atoms with Crippen LogP contribution in [0.15, 0.2) is 11.3 Å². The Labute approximate surface area is 194 Å². The predicted octanol–water partition coefficient (Wildman–Crippen LogP) is 2.54. The molecular weight excluding hydrogens is 450 g/mol. The molecule has 32 heavy (non-hydrogen) atoms. The Bertz CT molecular complexity index is 859. The molecule has 2 atom stereocenters. The summed E-state index contributed by atoms with van der Waals surface area (Å²) in [4.78, 5) is 64.4. The number of nitrogens with one attached hydrogen (secondary N) is 1. The van der Waals surface area contributed by atoms with Gasteiger partial charge in [0.2, 0.25) is 26.0 Å². The van der Waals surface area contributed by atoms with Crippen LogP contribution in [0.3, 0.4) is 0 Å². The maximum atomic E-state index is 13.0. The predicted molar refractivity (Wildman–Crippen MR) is 123 cm³/mol. The molecule has 11 heteroatoms. The summed E-state index contributed by atoms with van der Waals surface area (Å²) in [6.45, 7) is 14.1. The largest absolute Gasteiger partial charge is 0.515 e. The summed E-state index contributed by atoms with van der Waals surface area (Å²) in [5.74, 6) is -2.23. The van der Waals surface area contributed by atoms with E-state index in [1.807, 2.05) is 33.5 Å². The minimum Gasteiger partial charge on any atom is -0.515 e. The average molecular weight is 484 g/mol. The molecule has 4 amide bonds. The molecule has 0 aromatic carbocycles. The normalized spacial score (nSPS) is 22.9. The fourth-order valence-electron chi connectivity index (χ4n) is 3.58. The van der Waals surface area contributed by atoms with E-state index in [0.717, 1.165) is 16.3 Å². The second-order valence-corrected chi connectivity index (χ2v) is 15.3. The van der Waals surface area contributed by atoms with E-state index < -0.39 is 42.9 Å². The van der Waals surface area contributed by atoms with E-state index in [9.17, 15) is 24.0 Å². The van der Waals surface area contributed by atoms with Crippen LogP contribution in [-0.4, -0.2) is 58.5 Å². The first-order valence-electron chi connectivity index (χ1n) is 10.6. The fraction of sp³-hybridized carbons (Fsp3) is 0.667. The number of imide groups is 1. The molecule has 0 aromatic rings. The minimum absolute atomic E-state index is 0.0758. The molecule has 2 fully saturated rings. The molecule has 0 saturated carbocycles. The van der Waals surface area contributed by atoms with Crippen molar-refractivity contribution in [1.29, 1.82) is 0 Å². The number of nitrogens with zero attached hydrogens (tertiary/aromatic N) is 2. The molecule has 9 nitrogen and oxygen atoms in total. The highest BCUT2D eigenvalue weighted by molar-refractivity contribution is 7.98. The van der Waals surface area contributed by atoms with Crippen LogP contribution in [0.1, 0.15) is 53.9 Å². The maximum absolute atomic E-state index is 13.0. The van der Waals surface area contributed by atoms with Crippen LogP contribution in [-0.2, 0) is 28.4 Å². The summed E-state index contributed by atoms with van der Waals surface area (Å²) in [5, 5.41) is 1.74. The first kappa shape index (κ1) is 26.1. The van der Waals surface area contributed by atoms with Crippen LogP contribution in [0, 0.1) is 5.41 Å². The van der Waals surface area contributed by atoms with Gasteiger partial charge in [-0.15, -0.1) is 0 Å².